The van der Waals surface area contributed by atoms with Gasteiger partial charge in [0.05, 0.1) is 12.5 Å². The maximum atomic E-state index is 8.69. The minimum Gasteiger partial charge on any atom is -0.489 e. The van der Waals surface area contributed by atoms with Gasteiger partial charge in [0.2, 0.25) is 0 Å². The second-order valence-electron chi connectivity index (χ2n) is 4.02. The number of nitriles is 1. The first-order valence-electron chi connectivity index (χ1n) is 5.86. The van der Waals surface area contributed by atoms with Crippen LogP contribution in [0.15, 0.2) is 42.5 Å². The zero-order chi connectivity index (χ0) is 12.1. The van der Waals surface area contributed by atoms with Crippen LogP contribution < -0.4 is 4.74 Å². The van der Waals surface area contributed by atoms with E-state index in [1.54, 1.807) is 0 Å². The lowest BCUT2D eigenvalue weighted by Crippen LogP contribution is -2.14. The van der Waals surface area contributed by atoms with E-state index < -0.39 is 0 Å². The number of hydrogen-bond donors (Lipinski definition) is 0. The Labute approximate surface area is 101 Å². The molecule has 0 radical (unpaired) electrons. The smallest absolute Gasteiger partial charge is 0.120 e. The molecule has 2 aromatic rings. The van der Waals surface area contributed by atoms with Crippen LogP contribution in [0, 0.1) is 11.3 Å². The summed E-state index contributed by atoms with van der Waals surface area (Å²) in [6.45, 7) is 2.03. The van der Waals surface area contributed by atoms with E-state index in [2.05, 4.69) is 18.2 Å². The molecule has 86 valence electrons. The third-order valence-electron chi connectivity index (χ3n) is 2.80. The molecule has 0 heterocycles. The molecule has 0 spiro atoms. The van der Waals surface area contributed by atoms with Gasteiger partial charge in [0.25, 0.3) is 0 Å². The Morgan fingerprint density at radius 1 is 1.18 bits per heavy atom. The molecule has 0 saturated carbocycles. The largest absolute Gasteiger partial charge is 0.489 e. The molecule has 0 aliphatic carbocycles. The molecule has 2 rings (SSSR count). The summed E-state index contributed by atoms with van der Waals surface area (Å²) < 4.78 is 5.79. The second kappa shape index (κ2) is 5.36. The summed E-state index contributed by atoms with van der Waals surface area (Å²) in [6.07, 6.45) is 1.27. The third-order valence-corrected chi connectivity index (χ3v) is 2.80. The van der Waals surface area contributed by atoms with Gasteiger partial charge in [0, 0.05) is 0 Å². The van der Waals surface area contributed by atoms with Gasteiger partial charge in [0.1, 0.15) is 11.9 Å². The van der Waals surface area contributed by atoms with Crippen molar-refractivity contribution in [2.75, 3.05) is 0 Å². The number of benzene rings is 2. The highest BCUT2D eigenvalue weighted by atomic mass is 16.5. The Kier molecular flexibility index (Phi) is 3.62. The lowest BCUT2D eigenvalue weighted by molar-refractivity contribution is 0.202. The summed E-state index contributed by atoms with van der Waals surface area (Å²) in [5.74, 6) is 0.839. The van der Waals surface area contributed by atoms with Crippen molar-refractivity contribution in [3.05, 3.63) is 42.5 Å². The Hall–Kier alpha value is -2.01. The van der Waals surface area contributed by atoms with E-state index in [0.717, 1.165) is 17.6 Å². The fourth-order valence-corrected chi connectivity index (χ4v) is 1.80. The van der Waals surface area contributed by atoms with Crippen molar-refractivity contribution in [1.82, 2.24) is 0 Å². The van der Waals surface area contributed by atoms with E-state index in [-0.39, 0.29) is 6.10 Å². The summed E-state index contributed by atoms with van der Waals surface area (Å²) in [7, 11) is 0. The van der Waals surface area contributed by atoms with Crippen molar-refractivity contribution in [3.8, 4) is 11.8 Å². The van der Waals surface area contributed by atoms with E-state index in [0.29, 0.717) is 6.42 Å². The second-order valence-corrected chi connectivity index (χ2v) is 4.02. The zero-order valence-corrected chi connectivity index (χ0v) is 9.89. The predicted molar refractivity (Wildman–Crippen MR) is 68.9 cm³/mol. The molecule has 0 aliphatic heterocycles. The monoisotopic (exact) mass is 225 g/mol. The van der Waals surface area contributed by atoms with E-state index >= 15 is 0 Å². The zero-order valence-electron chi connectivity index (χ0n) is 9.89. The molecule has 0 saturated heterocycles. The molecule has 2 heteroatoms. The predicted octanol–water partition coefficient (Wildman–Crippen LogP) is 3.91. The topological polar surface area (TPSA) is 33.0 Å². The quantitative estimate of drug-likeness (QED) is 0.790. The summed E-state index contributed by atoms with van der Waals surface area (Å²) in [5, 5.41) is 11.1. The molecular weight excluding hydrogens is 210 g/mol. The van der Waals surface area contributed by atoms with Gasteiger partial charge in [-0.15, -0.1) is 0 Å². The van der Waals surface area contributed by atoms with Gasteiger partial charge >= 0.3 is 0 Å². The van der Waals surface area contributed by atoms with Crippen LogP contribution in [0.25, 0.3) is 10.8 Å². The summed E-state index contributed by atoms with van der Waals surface area (Å²) in [6, 6.07) is 16.4. The maximum Gasteiger partial charge on any atom is 0.120 e. The Balaban J connectivity index is 2.22. The fraction of sp³-hybridized carbons (Fsp3) is 0.267. The van der Waals surface area contributed by atoms with Gasteiger partial charge in [-0.25, -0.2) is 0 Å². The molecule has 17 heavy (non-hydrogen) atoms. The van der Waals surface area contributed by atoms with Crippen molar-refractivity contribution in [2.45, 2.75) is 25.9 Å². The van der Waals surface area contributed by atoms with Gasteiger partial charge in [-0.3, -0.25) is 0 Å². The molecule has 0 bridgehead atoms. The van der Waals surface area contributed by atoms with Crippen LogP contribution in [-0.2, 0) is 0 Å². The van der Waals surface area contributed by atoms with Crippen LogP contribution in [0.3, 0.4) is 0 Å². The van der Waals surface area contributed by atoms with Crippen molar-refractivity contribution in [3.63, 3.8) is 0 Å². The summed E-state index contributed by atoms with van der Waals surface area (Å²) in [4.78, 5) is 0. The highest BCUT2D eigenvalue weighted by Crippen LogP contribution is 2.22. The first kappa shape index (κ1) is 11.5. The summed E-state index contributed by atoms with van der Waals surface area (Å²) in [5.41, 5.74) is 0. The lowest BCUT2D eigenvalue weighted by atomic mass is 10.1. The van der Waals surface area contributed by atoms with Crippen LogP contribution in [0.5, 0.6) is 5.75 Å². The Bertz CT molecular complexity index is 542. The molecule has 0 fully saturated rings. The number of fused-ring (bicyclic) bond motifs is 1. The van der Waals surface area contributed by atoms with Crippen molar-refractivity contribution in [1.29, 1.82) is 5.26 Å². The minimum atomic E-state index is -0.0128. The van der Waals surface area contributed by atoms with Gasteiger partial charge in [-0.1, -0.05) is 37.3 Å². The number of hydrogen-bond acceptors (Lipinski definition) is 2. The van der Waals surface area contributed by atoms with Gasteiger partial charge in [-0.05, 0) is 29.3 Å². The minimum absolute atomic E-state index is 0.0128. The molecule has 0 aliphatic rings. The normalized spacial score (nSPS) is 12.0. The van der Waals surface area contributed by atoms with Crippen LogP contribution in [0.2, 0.25) is 0 Å². The van der Waals surface area contributed by atoms with Crippen molar-refractivity contribution < 1.29 is 4.74 Å². The third kappa shape index (κ3) is 2.76. The highest BCUT2D eigenvalue weighted by molar-refractivity contribution is 5.83. The van der Waals surface area contributed by atoms with Crippen LogP contribution >= 0.6 is 0 Å². The standard InChI is InChI=1S/C15H15NO/c1-2-14(9-10-16)17-15-8-7-12-5-3-4-6-13(12)11-15/h3-8,11,14H,2,9H2,1H3. The number of rotatable bonds is 4. The SMILES string of the molecule is CCC(CC#N)Oc1ccc2ccccc2c1. The lowest BCUT2D eigenvalue weighted by Gasteiger charge is -2.14. The molecular formula is C15H15NO. The van der Waals surface area contributed by atoms with E-state index in [1.807, 2.05) is 37.3 Å². The first-order chi connectivity index (χ1) is 8.33. The van der Waals surface area contributed by atoms with Crippen molar-refractivity contribution in [2.24, 2.45) is 0 Å². The molecule has 2 nitrogen and oxygen atoms in total. The Morgan fingerprint density at radius 2 is 1.94 bits per heavy atom. The van der Waals surface area contributed by atoms with Gasteiger partial charge < -0.3 is 4.74 Å². The van der Waals surface area contributed by atoms with Crippen LogP contribution in [0.4, 0.5) is 0 Å². The van der Waals surface area contributed by atoms with Gasteiger partial charge in [-0.2, -0.15) is 5.26 Å². The van der Waals surface area contributed by atoms with Crippen molar-refractivity contribution >= 4 is 10.8 Å². The molecule has 1 atom stereocenters. The average molecular weight is 225 g/mol. The Morgan fingerprint density at radius 3 is 2.65 bits per heavy atom. The maximum absolute atomic E-state index is 8.69. The molecule has 2 aromatic carbocycles. The number of nitrogens with zero attached hydrogens (tertiary/aromatic N) is 1. The van der Waals surface area contributed by atoms with Crippen LogP contribution in [-0.4, -0.2) is 6.10 Å². The van der Waals surface area contributed by atoms with Gasteiger partial charge in [0.15, 0.2) is 0 Å². The molecule has 0 N–H and O–H groups in total. The fourth-order valence-electron chi connectivity index (χ4n) is 1.80. The summed E-state index contributed by atoms with van der Waals surface area (Å²) >= 11 is 0. The van der Waals surface area contributed by atoms with Crippen LogP contribution in [0.1, 0.15) is 19.8 Å². The molecule has 0 amide bonds. The molecule has 1 unspecified atom stereocenters. The van der Waals surface area contributed by atoms with E-state index in [4.69, 9.17) is 10.00 Å². The average Bonchev–Trinajstić information content (AvgIpc) is 2.38. The number of ether oxygens (including phenoxy) is 1. The molecule has 0 aromatic heterocycles. The highest BCUT2D eigenvalue weighted by Gasteiger charge is 2.07. The van der Waals surface area contributed by atoms with E-state index in [1.165, 1.54) is 5.39 Å². The first-order valence-corrected chi connectivity index (χ1v) is 5.86. The van der Waals surface area contributed by atoms with E-state index in [9.17, 15) is 0 Å².